The van der Waals surface area contributed by atoms with Crippen LogP contribution in [0.25, 0.3) is 11.3 Å². The lowest BCUT2D eigenvalue weighted by Crippen LogP contribution is -2.15. The Bertz CT molecular complexity index is 932. The second-order valence-electron chi connectivity index (χ2n) is 5.39. The topological polar surface area (TPSA) is 55.1 Å². The molecule has 0 bridgehead atoms. The normalized spacial score (nSPS) is 11.0. The van der Waals surface area contributed by atoms with Gasteiger partial charge in [-0.25, -0.2) is 13.8 Å². The first-order valence-electron chi connectivity index (χ1n) is 7.48. The van der Waals surface area contributed by atoms with E-state index in [9.17, 15) is 22.4 Å². The third-order valence-electron chi connectivity index (χ3n) is 3.61. The molecule has 0 saturated heterocycles. The maximum atomic E-state index is 13.6. The molecular formula is C18H12F4N2O2. The molecular weight excluding hydrogens is 352 g/mol. The van der Waals surface area contributed by atoms with E-state index < -0.39 is 35.4 Å². The Labute approximate surface area is 145 Å². The highest BCUT2D eigenvalue weighted by molar-refractivity contribution is 6.04. The fraction of sp³-hybridized carbons (Fsp3) is 0.111. The molecule has 0 aliphatic carbocycles. The van der Waals surface area contributed by atoms with E-state index in [1.165, 1.54) is 31.2 Å². The number of oxazole rings is 1. The molecule has 0 spiro atoms. The summed E-state index contributed by atoms with van der Waals surface area (Å²) in [6, 6.07) is 9.08. The van der Waals surface area contributed by atoms with Crippen LogP contribution >= 0.6 is 0 Å². The first kappa shape index (κ1) is 17.7. The molecule has 0 atom stereocenters. The summed E-state index contributed by atoms with van der Waals surface area (Å²) in [6.07, 6.45) is -2.82. The first-order valence-corrected chi connectivity index (χ1v) is 7.48. The van der Waals surface area contributed by atoms with E-state index in [0.29, 0.717) is 5.56 Å². The number of hydrogen-bond acceptors (Lipinski definition) is 3. The number of benzene rings is 2. The van der Waals surface area contributed by atoms with Crippen LogP contribution < -0.4 is 5.32 Å². The van der Waals surface area contributed by atoms with E-state index in [2.05, 4.69) is 10.3 Å². The Kier molecular flexibility index (Phi) is 4.75. The van der Waals surface area contributed by atoms with Gasteiger partial charge >= 0.3 is 6.43 Å². The zero-order valence-electron chi connectivity index (χ0n) is 13.4. The van der Waals surface area contributed by atoms with E-state index in [4.69, 9.17) is 4.42 Å². The Morgan fingerprint density at radius 3 is 2.23 bits per heavy atom. The zero-order valence-corrected chi connectivity index (χ0v) is 13.4. The zero-order chi connectivity index (χ0) is 18.8. The van der Waals surface area contributed by atoms with Crippen molar-refractivity contribution < 1.29 is 26.8 Å². The maximum Gasteiger partial charge on any atom is 0.313 e. The van der Waals surface area contributed by atoms with Gasteiger partial charge in [-0.2, -0.15) is 8.78 Å². The average molecular weight is 364 g/mol. The fourth-order valence-electron chi connectivity index (χ4n) is 2.40. The van der Waals surface area contributed by atoms with Crippen molar-refractivity contribution in [3.8, 4) is 11.3 Å². The summed E-state index contributed by atoms with van der Waals surface area (Å²) in [5.74, 6) is -3.34. The van der Waals surface area contributed by atoms with E-state index >= 15 is 0 Å². The summed E-state index contributed by atoms with van der Waals surface area (Å²) < 4.78 is 57.4. The molecule has 134 valence electrons. The average Bonchev–Trinajstić information content (AvgIpc) is 2.97. The van der Waals surface area contributed by atoms with Crippen molar-refractivity contribution in [3.05, 3.63) is 71.3 Å². The molecule has 0 aliphatic heterocycles. The largest absolute Gasteiger partial charge is 0.440 e. The van der Waals surface area contributed by atoms with Crippen molar-refractivity contribution in [2.75, 3.05) is 5.32 Å². The molecule has 3 rings (SSSR count). The SMILES string of the molecule is Cc1oc(C(F)F)nc1-c1ccc(NC(=O)c2c(F)cccc2F)cc1. The van der Waals surface area contributed by atoms with Gasteiger partial charge in [0.2, 0.25) is 0 Å². The lowest BCUT2D eigenvalue weighted by molar-refractivity contribution is 0.101. The maximum absolute atomic E-state index is 13.6. The number of carbonyl (C=O) groups is 1. The number of nitrogens with zero attached hydrogens (tertiary/aromatic N) is 1. The smallest absolute Gasteiger partial charge is 0.313 e. The number of amides is 1. The molecule has 1 heterocycles. The summed E-state index contributed by atoms with van der Waals surface area (Å²) in [5, 5.41) is 2.37. The summed E-state index contributed by atoms with van der Waals surface area (Å²) in [7, 11) is 0. The lowest BCUT2D eigenvalue weighted by Gasteiger charge is -2.07. The molecule has 0 radical (unpaired) electrons. The van der Waals surface area contributed by atoms with Crippen molar-refractivity contribution >= 4 is 11.6 Å². The predicted molar refractivity (Wildman–Crippen MR) is 85.9 cm³/mol. The highest BCUT2D eigenvalue weighted by Gasteiger charge is 2.19. The third-order valence-corrected chi connectivity index (χ3v) is 3.61. The molecule has 2 aromatic carbocycles. The molecule has 0 unspecified atom stereocenters. The Morgan fingerprint density at radius 2 is 1.69 bits per heavy atom. The summed E-state index contributed by atoms with van der Waals surface area (Å²) in [4.78, 5) is 15.8. The van der Waals surface area contributed by atoms with E-state index in [1.807, 2.05) is 0 Å². The van der Waals surface area contributed by atoms with Crippen molar-refractivity contribution in [2.45, 2.75) is 13.3 Å². The van der Waals surface area contributed by atoms with Crippen LogP contribution in [-0.4, -0.2) is 10.9 Å². The summed E-state index contributed by atoms with van der Waals surface area (Å²) in [5.41, 5.74) is 0.327. The number of carbonyl (C=O) groups excluding carboxylic acids is 1. The van der Waals surface area contributed by atoms with Crippen LogP contribution in [-0.2, 0) is 0 Å². The standard InChI is InChI=1S/C18H12F4N2O2/c1-9-15(24-18(26-9)16(21)22)10-5-7-11(8-6-10)23-17(25)14-12(19)3-2-4-13(14)20/h2-8,16H,1H3,(H,23,25). The predicted octanol–water partition coefficient (Wildman–Crippen LogP) is 5.12. The molecule has 1 amide bonds. The monoisotopic (exact) mass is 364 g/mol. The minimum atomic E-state index is -2.82. The number of halogens is 4. The highest BCUT2D eigenvalue weighted by atomic mass is 19.3. The van der Waals surface area contributed by atoms with Crippen LogP contribution in [0, 0.1) is 18.6 Å². The number of anilines is 1. The molecule has 8 heteroatoms. The van der Waals surface area contributed by atoms with E-state index in [1.54, 1.807) is 0 Å². The summed E-state index contributed by atoms with van der Waals surface area (Å²) in [6.45, 7) is 1.50. The van der Waals surface area contributed by atoms with Gasteiger partial charge in [-0.15, -0.1) is 0 Å². The lowest BCUT2D eigenvalue weighted by atomic mass is 10.1. The minimum Gasteiger partial charge on any atom is -0.440 e. The summed E-state index contributed by atoms with van der Waals surface area (Å²) >= 11 is 0. The van der Waals surface area contributed by atoms with Crippen molar-refractivity contribution in [1.29, 1.82) is 0 Å². The molecule has 0 saturated carbocycles. The Morgan fingerprint density at radius 1 is 1.08 bits per heavy atom. The molecule has 0 aliphatic rings. The number of rotatable bonds is 4. The van der Waals surface area contributed by atoms with Gasteiger partial charge in [0, 0.05) is 11.3 Å². The molecule has 1 N–H and O–H groups in total. The number of nitrogens with one attached hydrogen (secondary N) is 1. The molecule has 0 fully saturated rings. The highest BCUT2D eigenvalue weighted by Crippen LogP contribution is 2.28. The number of aryl methyl sites for hydroxylation is 1. The van der Waals surface area contributed by atoms with Crippen LogP contribution in [0.3, 0.4) is 0 Å². The third kappa shape index (κ3) is 3.44. The van der Waals surface area contributed by atoms with E-state index in [-0.39, 0.29) is 17.1 Å². The van der Waals surface area contributed by atoms with Gasteiger partial charge in [-0.1, -0.05) is 18.2 Å². The van der Waals surface area contributed by atoms with Crippen LogP contribution in [0.2, 0.25) is 0 Å². The molecule has 4 nitrogen and oxygen atoms in total. The second kappa shape index (κ2) is 6.99. The van der Waals surface area contributed by atoms with Crippen LogP contribution in [0.1, 0.15) is 28.4 Å². The van der Waals surface area contributed by atoms with Gasteiger partial charge in [0.25, 0.3) is 11.8 Å². The van der Waals surface area contributed by atoms with Gasteiger partial charge < -0.3 is 9.73 Å². The van der Waals surface area contributed by atoms with Crippen LogP contribution in [0.4, 0.5) is 23.2 Å². The Hall–Kier alpha value is -3.16. The fourth-order valence-corrected chi connectivity index (χ4v) is 2.40. The van der Waals surface area contributed by atoms with Crippen molar-refractivity contribution in [2.24, 2.45) is 0 Å². The molecule has 3 aromatic rings. The van der Waals surface area contributed by atoms with E-state index in [0.717, 1.165) is 18.2 Å². The van der Waals surface area contributed by atoms with Crippen molar-refractivity contribution in [3.63, 3.8) is 0 Å². The van der Waals surface area contributed by atoms with Crippen LogP contribution in [0.15, 0.2) is 46.9 Å². The van der Waals surface area contributed by atoms with Gasteiger partial charge in [0.05, 0.1) is 0 Å². The first-order chi connectivity index (χ1) is 12.4. The molecule has 26 heavy (non-hydrogen) atoms. The van der Waals surface area contributed by atoms with Crippen molar-refractivity contribution in [1.82, 2.24) is 4.98 Å². The van der Waals surface area contributed by atoms with Gasteiger partial charge in [-0.3, -0.25) is 4.79 Å². The van der Waals surface area contributed by atoms with Crippen LogP contribution in [0.5, 0.6) is 0 Å². The number of alkyl halides is 2. The van der Waals surface area contributed by atoms with Gasteiger partial charge in [0.1, 0.15) is 28.7 Å². The van der Waals surface area contributed by atoms with Gasteiger partial charge in [0.15, 0.2) is 0 Å². The number of aromatic nitrogens is 1. The quantitative estimate of drug-likeness (QED) is 0.654. The number of hydrogen-bond donors (Lipinski definition) is 1. The second-order valence-corrected chi connectivity index (χ2v) is 5.39. The Balaban J connectivity index is 1.81. The molecule has 1 aromatic heterocycles. The van der Waals surface area contributed by atoms with Gasteiger partial charge in [-0.05, 0) is 31.2 Å². The minimum absolute atomic E-state index is 0.227.